The molecule has 1 fully saturated rings. The molecule has 5 heteroatoms. The second-order valence-electron chi connectivity index (χ2n) is 5.15. The van der Waals surface area contributed by atoms with Crippen LogP contribution in [0.1, 0.15) is 36.2 Å². The third-order valence-electron chi connectivity index (χ3n) is 3.55. The molecule has 1 aromatic heterocycles. The van der Waals surface area contributed by atoms with Crippen molar-refractivity contribution in [1.29, 1.82) is 0 Å². The Bertz CT molecular complexity index is 353. The summed E-state index contributed by atoms with van der Waals surface area (Å²) in [5.41, 5.74) is 3.51. The summed E-state index contributed by atoms with van der Waals surface area (Å²) >= 11 is 0. The molecule has 2 rings (SSSR count). The molecule has 19 heavy (non-hydrogen) atoms. The number of aryl methyl sites for hydroxylation is 2. The smallest absolute Gasteiger partial charge is 0.0809 e. The van der Waals surface area contributed by atoms with Crippen LogP contribution in [0.5, 0.6) is 0 Å². The van der Waals surface area contributed by atoms with Gasteiger partial charge in [0.1, 0.15) is 0 Å². The molecule has 0 radical (unpaired) electrons. The number of rotatable bonds is 8. The van der Waals surface area contributed by atoms with E-state index in [9.17, 15) is 0 Å². The predicted molar refractivity (Wildman–Crippen MR) is 74.2 cm³/mol. The highest BCUT2D eigenvalue weighted by Crippen LogP contribution is 2.12. The van der Waals surface area contributed by atoms with Gasteiger partial charge in [-0.2, -0.15) is 5.10 Å². The van der Waals surface area contributed by atoms with Crippen molar-refractivity contribution in [2.45, 2.75) is 45.8 Å². The zero-order valence-corrected chi connectivity index (χ0v) is 12.0. The molecule has 0 amide bonds. The minimum atomic E-state index is 0.337. The first-order valence-corrected chi connectivity index (χ1v) is 7.18. The number of ether oxygens (including phenoxy) is 2. The van der Waals surface area contributed by atoms with Crippen LogP contribution in [0.2, 0.25) is 0 Å². The molecule has 0 saturated carbocycles. The fourth-order valence-corrected chi connectivity index (χ4v) is 2.34. The van der Waals surface area contributed by atoms with Gasteiger partial charge in [-0.25, -0.2) is 0 Å². The molecule has 0 spiro atoms. The minimum absolute atomic E-state index is 0.337. The number of nitrogens with one attached hydrogen (secondary N) is 2. The summed E-state index contributed by atoms with van der Waals surface area (Å²) in [5.74, 6) is 0. The van der Waals surface area contributed by atoms with Crippen LogP contribution in [0.25, 0.3) is 0 Å². The van der Waals surface area contributed by atoms with Crippen molar-refractivity contribution in [3.8, 4) is 0 Å². The van der Waals surface area contributed by atoms with Crippen LogP contribution < -0.4 is 5.32 Å². The van der Waals surface area contributed by atoms with Crippen molar-refractivity contribution in [2.75, 3.05) is 26.4 Å². The maximum atomic E-state index is 5.62. The molecule has 1 aliphatic heterocycles. The quantitative estimate of drug-likeness (QED) is 0.704. The summed E-state index contributed by atoms with van der Waals surface area (Å²) in [5, 5.41) is 10.6. The van der Waals surface area contributed by atoms with E-state index in [1.807, 2.05) is 6.92 Å². The van der Waals surface area contributed by atoms with E-state index in [1.165, 1.54) is 12.0 Å². The first-order chi connectivity index (χ1) is 9.27. The third-order valence-corrected chi connectivity index (χ3v) is 3.55. The highest BCUT2D eigenvalue weighted by molar-refractivity contribution is 5.22. The first-order valence-electron chi connectivity index (χ1n) is 7.18. The average Bonchev–Trinajstić information content (AvgIpc) is 3.01. The van der Waals surface area contributed by atoms with E-state index < -0.39 is 0 Å². The first kappa shape index (κ1) is 14.5. The molecule has 2 heterocycles. The molecule has 0 bridgehead atoms. The number of hydrogen-bond acceptors (Lipinski definition) is 4. The Balaban J connectivity index is 1.48. The Morgan fingerprint density at radius 3 is 3.05 bits per heavy atom. The Kier molecular flexibility index (Phi) is 5.82. The Hall–Kier alpha value is -0.910. The van der Waals surface area contributed by atoms with Gasteiger partial charge in [-0.05, 0) is 39.7 Å². The molecule has 108 valence electrons. The molecule has 1 saturated heterocycles. The van der Waals surface area contributed by atoms with E-state index in [0.717, 1.165) is 57.1 Å². The van der Waals surface area contributed by atoms with Gasteiger partial charge < -0.3 is 14.8 Å². The summed E-state index contributed by atoms with van der Waals surface area (Å²) in [4.78, 5) is 0. The molecule has 2 N–H and O–H groups in total. The lowest BCUT2D eigenvalue weighted by Crippen LogP contribution is -2.19. The second kappa shape index (κ2) is 7.62. The molecule has 0 aromatic carbocycles. The van der Waals surface area contributed by atoms with Crippen molar-refractivity contribution in [2.24, 2.45) is 0 Å². The van der Waals surface area contributed by atoms with Crippen molar-refractivity contribution in [1.82, 2.24) is 15.5 Å². The average molecular weight is 267 g/mol. The molecular formula is C14H25N3O2. The molecule has 5 nitrogen and oxygen atoms in total. The summed E-state index contributed by atoms with van der Waals surface area (Å²) < 4.78 is 11.1. The van der Waals surface area contributed by atoms with Crippen molar-refractivity contribution in [3.05, 3.63) is 17.0 Å². The van der Waals surface area contributed by atoms with Gasteiger partial charge in [-0.3, -0.25) is 5.10 Å². The molecule has 1 aliphatic rings. The third kappa shape index (κ3) is 4.60. The van der Waals surface area contributed by atoms with E-state index in [4.69, 9.17) is 9.47 Å². The molecular weight excluding hydrogens is 242 g/mol. The maximum Gasteiger partial charge on any atom is 0.0809 e. The predicted octanol–water partition coefficient (Wildman–Crippen LogP) is 1.70. The largest absolute Gasteiger partial charge is 0.379 e. The molecule has 0 aliphatic carbocycles. The highest BCUT2D eigenvalue weighted by atomic mass is 16.5. The Morgan fingerprint density at radius 1 is 1.47 bits per heavy atom. The zero-order valence-electron chi connectivity index (χ0n) is 12.0. The van der Waals surface area contributed by atoms with Crippen molar-refractivity contribution in [3.63, 3.8) is 0 Å². The number of aromatic amines is 1. The standard InChI is InChI=1S/C14H25N3O2/c1-11-14(12(2)17-16-11)9-15-6-4-7-18-10-13-5-3-8-19-13/h13,15H,3-10H2,1-2H3,(H,16,17). The van der Waals surface area contributed by atoms with Crippen LogP contribution in [-0.2, 0) is 16.0 Å². The fourth-order valence-electron chi connectivity index (χ4n) is 2.34. The number of H-pyrrole nitrogens is 1. The monoisotopic (exact) mass is 267 g/mol. The summed E-state index contributed by atoms with van der Waals surface area (Å²) in [7, 11) is 0. The van der Waals surface area contributed by atoms with Crippen LogP contribution in [0.3, 0.4) is 0 Å². The zero-order chi connectivity index (χ0) is 13.5. The SMILES string of the molecule is Cc1n[nH]c(C)c1CNCCCOCC1CCCO1. The molecule has 1 atom stereocenters. The molecule has 1 aromatic rings. The van der Waals surface area contributed by atoms with Gasteiger partial charge in [0.15, 0.2) is 0 Å². The topological polar surface area (TPSA) is 59.2 Å². The van der Waals surface area contributed by atoms with Crippen molar-refractivity contribution < 1.29 is 9.47 Å². The van der Waals surface area contributed by atoms with Gasteiger partial charge in [0.2, 0.25) is 0 Å². The second-order valence-corrected chi connectivity index (χ2v) is 5.15. The summed E-state index contributed by atoms with van der Waals surface area (Å²) in [6, 6.07) is 0. The lowest BCUT2D eigenvalue weighted by molar-refractivity contribution is 0.0166. The summed E-state index contributed by atoms with van der Waals surface area (Å²) in [6.07, 6.45) is 3.70. The summed E-state index contributed by atoms with van der Waals surface area (Å²) in [6.45, 7) is 8.39. The number of hydrogen-bond donors (Lipinski definition) is 2. The van der Waals surface area contributed by atoms with Crippen LogP contribution in [0, 0.1) is 13.8 Å². The van der Waals surface area contributed by atoms with E-state index in [0.29, 0.717) is 6.10 Å². The number of aromatic nitrogens is 2. The van der Waals surface area contributed by atoms with Gasteiger partial charge >= 0.3 is 0 Å². The van der Waals surface area contributed by atoms with Gasteiger partial charge in [0.25, 0.3) is 0 Å². The van der Waals surface area contributed by atoms with Crippen LogP contribution >= 0.6 is 0 Å². The lowest BCUT2D eigenvalue weighted by atomic mass is 10.2. The number of nitrogens with zero attached hydrogens (tertiary/aromatic N) is 1. The fraction of sp³-hybridized carbons (Fsp3) is 0.786. The van der Waals surface area contributed by atoms with E-state index in [-0.39, 0.29) is 0 Å². The van der Waals surface area contributed by atoms with Gasteiger partial charge in [0.05, 0.1) is 18.4 Å². The van der Waals surface area contributed by atoms with E-state index >= 15 is 0 Å². The minimum Gasteiger partial charge on any atom is -0.379 e. The Labute approximate surface area is 115 Å². The Morgan fingerprint density at radius 2 is 2.37 bits per heavy atom. The normalized spacial score (nSPS) is 19.2. The highest BCUT2D eigenvalue weighted by Gasteiger charge is 2.14. The van der Waals surface area contributed by atoms with E-state index in [2.05, 4.69) is 22.4 Å². The van der Waals surface area contributed by atoms with Gasteiger partial charge in [-0.15, -0.1) is 0 Å². The van der Waals surface area contributed by atoms with Crippen LogP contribution in [0.15, 0.2) is 0 Å². The van der Waals surface area contributed by atoms with Crippen LogP contribution in [0.4, 0.5) is 0 Å². The maximum absolute atomic E-state index is 5.62. The van der Waals surface area contributed by atoms with Crippen LogP contribution in [-0.4, -0.2) is 42.7 Å². The molecule has 1 unspecified atom stereocenters. The lowest BCUT2D eigenvalue weighted by Gasteiger charge is -2.10. The van der Waals surface area contributed by atoms with Gasteiger partial charge in [0, 0.05) is 31.0 Å². The van der Waals surface area contributed by atoms with Gasteiger partial charge in [-0.1, -0.05) is 0 Å². The van der Waals surface area contributed by atoms with E-state index in [1.54, 1.807) is 0 Å². The van der Waals surface area contributed by atoms with Crippen molar-refractivity contribution >= 4 is 0 Å².